The second kappa shape index (κ2) is 4.86. The first-order valence-corrected chi connectivity index (χ1v) is 4.84. The van der Waals surface area contributed by atoms with Gasteiger partial charge < -0.3 is 4.74 Å². The minimum atomic E-state index is -0.680. The number of rotatable bonds is 3. The predicted molar refractivity (Wildman–Crippen MR) is 54.9 cm³/mol. The molecule has 2 rings (SSSR count). The standard InChI is InChI=1S/C12H8F3NO/c13-10-2-1-3-11(14)9(10)7-17-8-4-5-12(15)16-6-8/h1-6H,7H2. The van der Waals surface area contributed by atoms with E-state index in [2.05, 4.69) is 4.98 Å². The summed E-state index contributed by atoms with van der Waals surface area (Å²) in [6.45, 7) is -0.272. The quantitative estimate of drug-likeness (QED) is 0.768. The molecule has 0 aliphatic rings. The van der Waals surface area contributed by atoms with Gasteiger partial charge in [-0.25, -0.2) is 13.8 Å². The van der Waals surface area contributed by atoms with Crippen molar-refractivity contribution in [3.8, 4) is 5.75 Å². The summed E-state index contributed by atoms with van der Waals surface area (Å²) in [5.41, 5.74) is -0.170. The number of nitrogens with zero attached hydrogens (tertiary/aromatic N) is 1. The van der Waals surface area contributed by atoms with Crippen LogP contribution in [0.2, 0.25) is 0 Å². The topological polar surface area (TPSA) is 22.1 Å². The summed E-state index contributed by atoms with van der Waals surface area (Å²) in [7, 11) is 0. The van der Waals surface area contributed by atoms with E-state index in [-0.39, 0.29) is 17.9 Å². The highest BCUT2D eigenvalue weighted by atomic mass is 19.1. The Kier molecular flexibility index (Phi) is 3.27. The van der Waals surface area contributed by atoms with Crippen LogP contribution in [0, 0.1) is 17.6 Å². The van der Waals surface area contributed by atoms with Gasteiger partial charge in [0.1, 0.15) is 24.0 Å². The zero-order chi connectivity index (χ0) is 12.3. The Morgan fingerprint density at radius 3 is 2.29 bits per heavy atom. The van der Waals surface area contributed by atoms with Crippen molar-refractivity contribution in [2.24, 2.45) is 0 Å². The molecule has 88 valence electrons. The first-order chi connectivity index (χ1) is 8.16. The molecule has 0 saturated heterocycles. The van der Waals surface area contributed by atoms with Gasteiger partial charge in [0.05, 0.1) is 11.8 Å². The van der Waals surface area contributed by atoms with Gasteiger partial charge in [-0.2, -0.15) is 4.39 Å². The summed E-state index contributed by atoms with van der Waals surface area (Å²) < 4.78 is 44.0. The van der Waals surface area contributed by atoms with Gasteiger partial charge in [-0.05, 0) is 24.3 Å². The van der Waals surface area contributed by atoms with Crippen LogP contribution in [0.4, 0.5) is 13.2 Å². The molecule has 0 amide bonds. The number of hydrogen-bond acceptors (Lipinski definition) is 2. The molecule has 0 spiro atoms. The van der Waals surface area contributed by atoms with Crippen molar-refractivity contribution in [3.63, 3.8) is 0 Å². The van der Waals surface area contributed by atoms with Crippen LogP contribution >= 0.6 is 0 Å². The SMILES string of the molecule is Fc1ccc(OCc2c(F)cccc2F)cn1. The van der Waals surface area contributed by atoms with Gasteiger partial charge >= 0.3 is 0 Å². The molecular formula is C12H8F3NO. The van der Waals surface area contributed by atoms with Gasteiger partial charge in [-0.15, -0.1) is 0 Å². The number of hydrogen-bond donors (Lipinski definition) is 0. The van der Waals surface area contributed by atoms with Crippen LogP contribution in [0.25, 0.3) is 0 Å². The van der Waals surface area contributed by atoms with Crippen LogP contribution in [-0.4, -0.2) is 4.98 Å². The summed E-state index contributed by atoms with van der Waals surface area (Å²) in [5.74, 6) is -1.76. The molecule has 0 bridgehead atoms. The van der Waals surface area contributed by atoms with Crippen molar-refractivity contribution in [2.45, 2.75) is 6.61 Å². The van der Waals surface area contributed by atoms with E-state index in [1.807, 2.05) is 0 Å². The number of ether oxygens (including phenoxy) is 1. The molecule has 0 N–H and O–H groups in total. The van der Waals surface area contributed by atoms with Crippen LogP contribution in [0.1, 0.15) is 5.56 Å². The fourth-order valence-corrected chi connectivity index (χ4v) is 1.27. The highest BCUT2D eigenvalue weighted by Crippen LogP contribution is 2.16. The fourth-order valence-electron chi connectivity index (χ4n) is 1.27. The van der Waals surface area contributed by atoms with E-state index in [0.717, 1.165) is 24.4 Å². The monoisotopic (exact) mass is 239 g/mol. The zero-order valence-electron chi connectivity index (χ0n) is 8.66. The largest absolute Gasteiger partial charge is 0.487 e. The summed E-state index contributed by atoms with van der Waals surface area (Å²) >= 11 is 0. The molecule has 0 fully saturated rings. The summed E-state index contributed by atoms with van der Waals surface area (Å²) in [4.78, 5) is 3.36. The number of benzene rings is 1. The zero-order valence-corrected chi connectivity index (χ0v) is 8.66. The Morgan fingerprint density at radius 2 is 1.71 bits per heavy atom. The molecular weight excluding hydrogens is 231 g/mol. The Labute approximate surface area is 95.7 Å². The van der Waals surface area contributed by atoms with E-state index in [1.165, 1.54) is 12.1 Å². The van der Waals surface area contributed by atoms with E-state index in [4.69, 9.17) is 4.74 Å². The van der Waals surface area contributed by atoms with E-state index in [0.29, 0.717) is 0 Å². The van der Waals surface area contributed by atoms with Gasteiger partial charge in [-0.3, -0.25) is 0 Å². The lowest BCUT2D eigenvalue weighted by Crippen LogP contribution is -2.02. The highest BCUT2D eigenvalue weighted by molar-refractivity contribution is 5.21. The lowest BCUT2D eigenvalue weighted by Gasteiger charge is -2.07. The molecule has 2 nitrogen and oxygen atoms in total. The smallest absolute Gasteiger partial charge is 0.213 e. The van der Waals surface area contributed by atoms with E-state index >= 15 is 0 Å². The normalized spacial score (nSPS) is 10.3. The van der Waals surface area contributed by atoms with Gasteiger partial charge in [-0.1, -0.05) is 6.07 Å². The lowest BCUT2D eigenvalue weighted by molar-refractivity contribution is 0.290. The van der Waals surface area contributed by atoms with E-state index in [1.54, 1.807) is 0 Å². The third-order valence-electron chi connectivity index (χ3n) is 2.15. The Balaban J connectivity index is 2.10. The van der Waals surface area contributed by atoms with Gasteiger partial charge in [0, 0.05) is 0 Å². The third-order valence-corrected chi connectivity index (χ3v) is 2.15. The molecule has 1 aromatic carbocycles. The minimum absolute atomic E-state index is 0.170. The molecule has 2 aromatic rings. The number of aromatic nitrogens is 1. The van der Waals surface area contributed by atoms with Crippen LogP contribution in [-0.2, 0) is 6.61 Å². The van der Waals surface area contributed by atoms with Crippen molar-refractivity contribution >= 4 is 0 Å². The maximum Gasteiger partial charge on any atom is 0.213 e. The van der Waals surface area contributed by atoms with Crippen LogP contribution in [0.15, 0.2) is 36.5 Å². The predicted octanol–water partition coefficient (Wildman–Crippen LogP) is 3.08. The lowest BCUT2D eigenvalue weighted by atomic mass is 10.2. The Hall–Kier alpha value is -2.04. The Bertz CT molecular complexity index is 493. The fraction of sp³-hybridized carbons (Fsp3) is 0.0833. The molecule has 17 heavy (non-hydrogen) atoms. The van der Waals surface area contributed by atoms with E-state index < -0.39 is 17.6 Å². The second-order valence-electron chi connectivity index (χ2n) is 3.31. The van der Waals surface area contributed by atoms with E-state index in [9.17, 15) is 13.2 Å². The molecule has 0 atom stereocenters. The molecule has 1 heterocycles. The number of halogens is 3. The Morgan fingerprint density at radius 1 is 1.00 bits per heavy atom. The van der Waals surface area contributed by atoms with Gasteiger partial charge in [0.2, 0.25) is 5.95 Å². The van der Waals surface area contributed by atoms with Gasteiger partial charge in [0.15, 0.2) is 0 Å². The molecule has 0 saturated carbocycles. The molecule has 5 heteroatoms. The number of pyridine rings is 1. The van der Waals surface area contributed by atoms with Crippen molar-refractivity contribution in [2.75, 3.05) is 0 Å². The molecule has 0 aliphatic carbocycles. The average Bonchev–Trinajstić information content (AvgIpc) is 2.31. The molecule has 0 radical (unpaired) electrons. The summed E-state index contributed by atoms with van der Waals surface area (Å²) in [5, 5.41) is 0. The van der Waals surface area contributed by atoms with Gasteiger partial charge in [0.25, 0.3) is 0 Å². The molecule has 1 aromatic heterocycles. The maximum atomic E-state index is 13.2. The first-order valence-electron chi connectivity index (χ1n) is 4.84. The first kappa shape index (κ1) is 11.4. The summed E-state index contributed by atoms with van der Waals surface area (Å²) in [6.07, 6.45) is 1.15. The van der Waals surface area contributed by atoms with Crippen LogP contribution < -0.4 is 4.74 Å². The third kappa shape index (κ3) is 2.75. The molecule has 0 aliphatic heterocycles. The van der Waals surface area contributed by atoms with Crippen molar-refractivity contribution in [3.05, 3.63) is 59.7 Å². The molecule has 0 unspecified atom stereocenters. The average molecular weight is 239 g/mol. The second-order valence-corrected chi connectivity index (χ2v) is 3.31. The van der Waals surface area contributed by atoms with Crippen LogP contribution in [0.5, 0.6) is 5.75 Å². The minimum Gasteiger partial charge on any atom is -0.487 e. The maximum absolute atomic E-state index is 13.2. The van der Waals surface area contributed by atoms with Crippen molar-refractivity contribution in [1.29, 1.82) is 0 Å². The van der Waals surface area contributed by atoms with Crippen LogP contribution in [0.3, 0.4) is 0 Å². The summed E-state index contributed by atoms with van der Waals surface area (Å²) in [6, 6.07) is 6.00. The van der Waals surface area contributed by atoms with Crippen molar-refractivity contribution < 1.29 is 17.9 Å². The van der Waals surface area contributed by atoms with Crippen molar-refractivity contribution in [1.82, 2.24) is 4.98 Å². The highest BCUT2D eigenvalue weighted by Gasteiger charge is 2.08.